The zero-order valence-corrected chi connectivity index (χ0v) is 13.4. The maximum absolute atomic E-state index is 12.0. The first-order valence-corrected chi connectivity index (χ1v) is 6.22. The van der Waals surface area contributed by atoms with Crippen molar-refractivity contribution in [1.29, 1.82) is 0 Å². The Morgan fingerprint density at radius 1 is 1.33 bits per heavy atom. The number of likely N-dealkylation sites (tertiary alicyclic amines) is 1. The number of hydrogen-bond donors (Lipinski definition) is 1. The molecule has 0 bridgehead atoms. The summed E-state index contributed by atoms with van der Waals surface area (Å²) in [6, 6.07) is 0.515. The second-order valence-electron chi connectivity index (χ2n) is 5.14. The van der Waals surface area contributed by atoms with Gasteiger partial charge in [-0.2, -0.15) is 0 Å². The third-order valence-corrected chi connectivity index (χ3v) is 3.33. The van der Waals surface area contributed by atoms with Crippen LogP contribution in [0.4, 0.5) is 0 Å². The highest BCUT2D eigenvalue weighted by molar-refractivity contribution is 5.86. The highest BCUT2D eigenvalue weighted by Crippen LogP contribution is 2.18. The molecule has 18 heavy (non-hydrogen) atoms. The number of halogens is 2. The molecule has 1 saturated heterocycles. The quantitative estimate of drug-likeness (QED) is 0.856. The summed E-state index contributed by atoms with van der Waals surface area (Å²) < 4.78 is 0. The molecule has 0 radical (unpaired) electrons. The molecule has 2 N–H and O–H groups in total. The predicted molar refractivity (Wildman–Crippen MR) is 80.7 cm³/mol. The maximum atomic E-state index is 12.0. The van der Waals surface area contributed by atoms with E-state index >= 15 is 0 Å². The van der Waals surface area contributed by atoms with Gasteiger partial charge in [0.1, 0.15) is 0 Å². The molecular formula is C12H27Cl2N3O. The third-order valence-electron chi connectivity index (χ3n) is 3.33. The molecule has 0 aromatic carbocycles. The summed E-state index contributed by atoms with van der Waals surface area (Å²) in [6.07, 6.45) is 1.07. The van der Waals surface area contributed by atoms with E-state index in [0.717, 1.165) is 32.6 Å². The summed E-state index contributed by atoms with van der Waals surface area (Å²) in [5.41, 5.74) is 5.10. The third kappa shape index (κ3) is 4.92. The maximum Gasteiger partial charge on any atom is 0.242 e. The van der Waals surface area contributed by atoms with Crippen molar-refractivity contribution in [2.45, 2.75) is 45.7 Å². The van der Waals surface area contributed by atoms with Crippen LogP contribution in [-0.4, -0.2) is 53.5 Å². The SMILES string of the molecule is CCN(CC)C1CCN(C(=O)C(C)(C)N)C1.Cl.Cl. The van der Waals surface area contributed by atoms with Gasteiger partial charge in [0, 0.05) is 19.1 Å². The van der Waals surface area contributed by atoms with Gasteiger partial charge in [-0.1, -0.05) is 13.8 Å². The molecule has 1 rings (SSSR count). The van der Waals surface area contributed by atoms with Crippen LogP contribution in [0.2, 0.25) is 0 Å². The molecule has 1 heterocycles. The van der Waals surface area contributed by atoms with Gasteiger partial charge in [-0.3, -0.25) is 9.69 Å². The second-order valence-corrected chi connectivity index (χ2v) is 5.14. The Bertz CT molecular complexity index is 252. The summed E-state index contributed by atoms with van der Waals surface area (Å²) in [4.78, 5) is 16.3. The van der Waals surface area contributed by atoms with Crippen LogP contribution in [0.3, 0.4) is 0 Å². The minimum absolute atomic E-state index is 0. The van der Waals surface area contributed by atoms with E-state index in [1.54, 1.807) is 13.8 Å². The topological polar surface area (TPSA) is 49.6 Å². The fourth-order valence-electron chi connectivity index (χ4n) is 2.37. The van der Waals surface area contributed by atoms with Crippen molar-refractivity contribution >= 4 is 30.7 Å². The largest absolute Gasteiger partial charge is 0.339 e. The Kier molecular flexibility index (Phi) is 9.25. The molecule has 1 atom stereocenters. The molecule has 1 aliphatic heterocycles. The average Bonchev–Trinajstić information content (AvgIpc) is 2.66. The lowest BCUT2D eigenvalue weighted by atomic mass is 10.1. The van der Waals surface area contributed by atoms with Crippen LogP contribution in [0.25, 0.3) is 0 Å². The Balaban J connectivity index is 0. The number of amides is 1. The molecule has 0 aromatic heterocycles. The smallest absolute Gasteiger partial charge is 0.242 e. The molecule has 0 saturated carbocycles. The van der Waals surface area contributed by atoms with Gasteiger partial charge < -0.3 is 10.6 Å². The summed E-state index contributed by atoms with van der Waals surface area (Å²) in [6.45, 7) is 11.7. The van der Waals surface area contributed by atoms with Crippen LogP contribution in [0.5, 0.6) is 0 Å². The molecule has 4 nitrogen and oxygen atoms in total. The second kappa shape index (κ2) is 8.20. The van der Waals surface area contributed by atoms with E-state index in [1.165, 1.54) is 0 Å². The van der Waals surface area contributed by atoms with E-state index in [9.17, 15) is 4.79 Å². The van der Waals surface area contributed by atoms with Gasteiger partial charge in [0.2, 0.25) is 5.91 Å². The van der Waals surface area contributed by atoms with Gasteiger partial charge in [-0.05, 0) is 33.4 Å². The molecule has 6 heteroatoms. The lowest BCUT2D eigenvalue weighted by Gasteiger charge is -2.28. The monoisotopic (exact) mass is 299 g/mol. The fourth-order valence-corrected chi connectivity index (χ4v) is 2.37. The van der Waals surface area contributed by atoms with E-state index in [2.05, 4.69) is 18.7 Å². The molecule has 1 fully saturated rings. The molecule has 0 aromatic rings. The number of carbonyl (C=O) groups excluding carboxylic acids is 1. The first-order chi connectivity index (χ1) is 7.40. The van der Waals surface area contributed by atoms with Crippen molar-refractivity contribution in [3.63, 3.8) is 0 Å². The minimum Gasteiger partial charge on any atom is -0.339 e. The van der Waals surface area contributed by atoms with Crippen LogP contribution < -0.4 is 5.73 Å². The highest BCUT2D eigenvalue weighted by atomic mass is 35.5. The highest BCUT2D eigenvalue weighted by Gasteiger charge is 2.34. The molecule has 0 spiro atoms. The van der Waals surface area contributed by atoms with Gasteiger partial charge in [-0.25, -0.2) is 0 Å². The van der Waals surface area contributed by atoms with Crippen molar-refractivity contribution in [2.24, 2.45) is 5.73 Å². The van der Waals surface area contributed by atoms with E-state index < -0.39 is 5.54 Å². The van der Waals surface area contributed by atoms with Gasteiger partial charge >= 0.3 is 0 Å². The fraction of sp³-hybridized carbons (Fsp3) is 0.917. The van der Waals surface area contributed by atoms with E-state index in [4.69, 9.17) is 5.73 Å². The molecule has 0 aliphatic carbocycles. The summed E-state index contributed by atoms with van der Waals surface area (Å²) in [5.74, 6) is 0.0714. The van der Waals surface area contributed by atoms with Gasteiger partial charge in [0.25, 0.3) is 0 Å². The lowest BCUT2D eigenvalue weighted by Crippen LogP contribution is -2.51. The van der Waals surface area contributed by atoms with Gasteiger partial charge in [0.15, 0.2) is 0 Å². The van der Waals surface area contributed by atoms with Crippen molar-refractivity contribution < 1.29 is 4.79 Å². The Morgan fingerprint density at radius 3 is 2.22 bits per heavy atom. The van der Waals surface area contributed by atoms with Crippen LogP contribution in [0, 0.1) is 0 Å². The molecular weight excluding hydrogens is 273 g/mol. The number of carbonyl (C=O) groups is 1. The normalized spacial score (nSPS) is 19.4. The van der Waals surface area contributed by atoms with Gasteiger partial charge in [0.05, 0.1) is 5.54 Å². The lowest BCUT2D eigenvalue weighted by molar-refractivity contribution is -0.134. The zero-order chi connectivity index (χ0) is 12.3. The average molecular weight is 300 g/mol. The van der Waals surface area contributed by atoms with Gasteiger partial charge in [-0.15, -0.1) is 24.8 Å². The molecule has 110 valence electrons. The van der Waals surface area contributed by atoms with Crippen LogP contribution in [-0.2, 0) is 4.79 Å². The minimum atomic E-state index is -0.738. The number of hydrogen-bond acceptors (Lipinski definition) is 3. The van der Waals surface area contributed by atoms with Crippen LogP contribution in [0.15, 0.2) is 0 Å². The van der Waals surface area contributed by atoms with Crippen molar-refractivity contribution in [3.8, 4) is 0 Å². The van der Waals surface area contributed by atoms with Crippen molar-refractivity contribution in [1.82, 2.24) is 9.80 Å². The number of rotatable bonds is 4. The van der Waals surface area contributed by atoms with Crippen molar-refractivity contribution in [2.75, 3.05) is 26.2 Å². The Labute approximate surface area is 123 Å². The molecule has 1 aliphatic rings. The zero-order valence-electron chi connectivity index (χ0n) is 11.8. The number of nitrogens with zero attached hydrogens (tertiary/aromatic N) is 2. The Morgan fingerprint density at radius 2 is 1.83 bits per heavy atom. The predicted octanol–water partition coefficient (Wildman–Crippen LogP) is 1.51. The number of likely N-dealkylation sites (N-methyl/N-ethyl adjacent to an activating group) is 1. The van der Waals surface area contributed by atoms with E-state index in [1.807, 2.05) is 4.90 Å². The Hall–Kier alpha value is -0.0300. The number of nitrogens with two attached hydrogens (primary N) is 1. The van der Waals surface area contributed by atoms with E-state index in [-0.39, 0.29) is 30.7 Å². The first kappa shape index (κ1) is 20.3. The first-order valence-electron chi connectivity index (χ1n) is 6.22. The summed E-state index contributed by atoms with van der Waals surface area (Å²) in [5, 5.41) is 0. The van der Waals surface area contributed by atoms with Crippen LogP contribution in [0.1, 0.15) is 34.1 Å². The van der Waals surface area contributed by atoms with E-state index in [0.29, 0.717) is 6.04 Å². The van der Waals surface area contributed by atoms with Crippen LogP contribution >= 0.6 is 24.8 Å². The molecule has 1 unspecified atom stereocenters. The van der Waals surface area contributed by atoms with Crippen molar-refractivity contribution in [3.05, 3.63) is 0 Å². The molecule has 1 amide bonds. The summed E-state index contributed by atoms with van der Waals surface area (Å²) in [7, 11) is 0. The standard InChI is InChI=1S/C12H25N3O.2ClH/c1-5-14(6-2)10-7-8-15(9-10)11(16)12(3,4)13;;/h10H,5-9,13H2,1-4H3;2*1H. The summed E-state index contributed by atoms with van der Waals surface area (Å²) >= 11 is 0.